The number of aromatic nitrogens is 2. The largest absolute Gasteiger partial charge is 0.468 e. The summed E-state index contributed by atoms with van der Waals surface area (Å²) in [4.78, 5) is 11.8. The third-order valence-corrected chi connectivity index (χ3v) is 2.65. The van der Waals surface area contributed by atoms with Crippen molar-refractivity contribution < 1.29 is 22.7 Å². The van der Waals surface area contributed by atoms with E-state index in [-0.39, 0.29) is 12.6 Å². The number of hydrogen-bond acceptors (Lipinski definition) is 4. The molecule has 1 aromatic rings. The Kier molecular flexibility index (Phi) is 4.80. The van der Waals surface area contributed by atoms with Gasteiger partial charge < -0.3 is 4.74 Å². The molecule has 1 unspecified atom stereocenters. The minimum absolute atomic E-state index is 0.0447. The number of nitrogens with one attached hydrogen (secondary N) is 1. The molecule has 0 fully saturated rings. The van der Waals surface area contributed by atoms with Crippen LogP contribution in [0, 0.1) is 0 Å². The molecule has 0 spiro atoms. The Morgan fingerprint density at radius 3 is 2.50 bits per heavy atom. The molecule has 0 saturated heterocycles. The van der Waals surface area contributed by atoms with Gasteiger partial charge in [-0.2, -0.15) is 18.3 Å². The predicted molar refractivity (Wildman–Crippen MR) is 65.9 cm³/mol. The van der Waals surface area contributed by atoms with Gasteiger partial charge in [0, 0.05) is 12.2 Å². The van der Waals surface area contributed by atoms with Gasteiger partial charge in [0.15, 0.2) is 5.69 Å². The first kappa shape index (κ1) is 16.5. The quantitative estimate of drug-likeness (QED) is 0.842. The number of methoxy groups -OCH3 is 1. The molecule has 0 aromatic carbocycles. The average molecular weight is 293 g/mol. The average Bonchev–Trinajstić information content (AvgIpc) is 2.74. The van der Waals surface area contributed by atoms with Crippen molar-refractivity contribution in [2.75, 3.05) is 7.11 Å². The molecule has 0 aliphatic heterocycles. The number of carbonyl (C=O) groups excluding carboxylic acids is 1. The van der Waals surface area contributed by atoms with Crippen LogP contribution in [-0.2, 0) is 22.3 Å². The maximum Gasteiger partial charge on any atom is 0.435 e. The molecule has 1 heterocycles. The van der Waals surface area contributed by atoms with Crippen molar-refractivity contribution in [3.8, 4) is 0 Å². The number of ether oxygens (including phenoxy) is 1. The molecule has 8 heteroatoms. The molecule has 1 rings (SSSR count). The van der Waals surface area contributed by atoms with Gasteiger partial charge in [0.1, 0.15) is 5.54 Å². The summed E-state index contributed by atoms with van der Waals surface area (Å²) < 4.78 is 43.2. The summed E-state index contributed by atoms with van der Waals surface area (Å²) in [6.45, 7) is 5.15. The van der Waals surface area contributed by atoms with Gasteiger partial charge in [0.25, 0.3) is 0 Å². The van der Waals surface area contributed by atoms with E-state index in [1.807, 2.05) is 13.8 Å². The molecule has 114 valence electrons. The summed E-state index contributed by atoms with van der Waals surface area (Å²) in [6, 6.07) is 0.823. The van der Waals surface area contributed by atoms with Gasteiger partial charge in [-0.3, -0.25) is 10.00 Å². The van der Waals surface area contributed by atoms with Crippen LogP contribution in [0.3, 0.4) is 0 Å². The number of esters is 1. The van der Waals surface area contributed by atoms with Crippen LogP contribution in [0.2, 0.25) is 0 Å². The van der Waals surface area contributed by atoms with Crippen LogP contribution in [-0.4, -0.2) is 34.4 Å². The summed E-state index contributed by atoms with van der Waals surface area (Å²) in [6.07, 6.45) is -3.32. The highest BCUT2D eigenvalue weighted by molar-refractivity contribution is 5.80. The second-order valence-corrected chi connectivity index (χ2v) is 5.02. The van der Waals surface area contributed by atoms with E-state index in [4.69, 9.17) is 4.74 Å². The normalized spacial score (nSPS) is 15.2. The molecular formula is C12H18F3N3O2. The van der Waals surface area contributed by atoms with E-state index < -0.39 is 23.4 Å². The van der Waals surface area contributed by atoms with Gasteiger partial charge in [0.05, 0.1) is 13.7 Å². The second kappa shape index (κ2) is 5.82. The number of nitrogens with zero attached hydrogens (tertiary/aromatic N) is 2. The second-order valence-electron chi connectivity index (χ2n) is 5.02. The van der Waals surface area contributed by atoms with Crippen molar-refractivity contribution in [2.45, 2.75) is 45.1 Å². The van der Waals surface area contributed by atoms with Crippen LogP contribution in [0.15, 0.2) is 12.3 Å². The minimum Gasteiger partial charge on any atom is -0.468 e. The maximum atomic E-state index is 12.5. The Bertz CT molecular complexity index is 471. The molecule has 0 aliphatic rings. The zero-order chi connectivity index (χ0) is 15.6. The number of alkyl halides is 3. The maximum absolute atomic E-state index is 12.5. The Morgan fingerprint density at radius 1 is 1.50 bits per heavy atom. The van der Waals surface area contributed by atoms with Crippen molar-refractivity contribution in [3.05, 3.63) is 18.0 Å². The number of rotatable bonds is 5. The zero-order valence-electron chi connectivity index (χ0n) is 11.8. The summed E-state index contributed by atoms with van der Waals surface area (Å²) in [7, 11) is 1.23. The van der Waals surface area contributed by atoms with Gasteiger partial charge in [-0.15, -0.1) is 0 Å². The molecule has 0 amide bonds. The first-order valence-corrected chi connectivity index (χ1v) is 6.05. The Morgan fingerprint density at radius 2 is 2.10 bits per heavy atom. The van der Waals surface area contributed by atoms with E-state index in [1.54, 1.807) is 6.92 Å². The Hall–Kier alpha value is -1.57. The van der Waals surface area contributed by atoms with E-state index >= 15 is 0 Å². The lowest BCUT2D eigenvalue weighted by Gasteiger charge is -2.30. The monoisotopic (exact) mass is 293 g/mol. The minimum atomic E-state index is -4.50. The molecular weight excluding hydrogens is 275 g/mol. The highest BCUT2D eigenvalue weighted by atomic mass is 19.4. The summed E-state index contributed by atoms with van der Waals surface area (Å²) >= 11 is 0. The summed E-state index contributed by atoms with van der Waals surface area (Å²) in [5, 5.41) is 6.42. The first-order valence-electron chi connectivity index (χ1n) is 6.05. The van der Waals surface area contributed by atoms with Crippen LogP contribution in [0.1, 0.15) is 26.5 Å². The fourth-order valence-electron chi connectivity index (χ4n) is 1.96. The first-order chi connectivity index (χ1) is 9.08. The lowest BCUT2D eigenvalue weighted by Crippen LogP contribution is -2.55. The number of halogens is 3. The van der Waals surface area contributed by atoms with Crippen LogP contribution in [0.25, 0.3) is 0 Å². The number of carbonyl (C=O) groups is 1. The van der Waals surface area contributed by atoms with Crippen molar-refractivity contribution in [2.24, 2.45) is 0 Å². The standard InChI is InChI=1S/C12H18F3N3O2/c1-8(2)16-11(3,10(19)20-4)7-18-6-5-9(17-18)12(13,14)15/h5-6,8,16H,7H2,1-4H3. The van der Waals surface area contributed by atoms with Crippen LogP contribution < -0.4 is 5.32 Å². The van der Waals surface area contributed by atoms with Crippen molar-refractivity contribution in [3.63, 3.8) is 0 Å². The van der Waals surface area contributed by atoms with Gasteiger partial charge in [-0.25, -0.2) is 4.79 Å². The van der Waals surface area contributed by atoms with Gasteiger partial charge in [-0.1, -0.05) is 0 Å². The Balaban J connectivity index is 2.96. The van der Waals surface area contributed by atoms with E-state index in [9.17, 15) is 18.0 Å². The molecule has 20 heavy (non-hydrogen) atoms. The lowest BCUT2D eigenvalue weighted by atomic mass is 10.0. The van der Waals surface area contributed by atoms with Crippen LogP contribution in [0.5, 0.6) is 0 Å². The molecule has 1 N–H and O–H groups in total. The zero-order valence-corrected chi connectivity index (χ0v) is 11.8. The van der Waals surface area contributed by atoms with E-state index in [0.29, 0.717) is 0 Å². The molecule has 0 bridgehead atoms. The fourth-order valence-corrected chi connectivity index (χ4v) is 1.96. The lowest BCUT2D eigenvalue weighted by molar-refractivity contribution is -0.149. The molecule has 0 radical (unpaired) electrons. The highest BCUT2D eigenvalue weighted by Gasteiger charge is 2.37. The Labute approximate surface area is 115 Å². The van der Waals surface area contributed by atoms with Gasteiger partial charge in [-0.05, 0) is 26.8 Å². The van der Waals surface area contributed by atoms with Crippen LogP contribution >= 0.6 is 0 Å². The third-order valence-electron chi connectivity index (χ3n) is 2.65. The summed E-state index contributed by atoms with van der Waals surface area (Å²) in [5.74, 6) is -0.560. The smallest absolute Gasteiger partial charge is 0.435 e. The molecule has 1 atom stereocenters. The molecule has 1 aromatic heterocycles. The van der Waals surface area contributed by atoms with Gasteiger partial charge in [0.2, 0.25) is 0 Å². The molecule has 5 nitrogen and oxygen atoms in total. The molecule has 0 saturated carbocycles. The fraction of sp³-hybridized carbons (Fsp3) is 0.667. The molecule has 0 aliphatic carbocycles. The summed E-state index contributed by atoms with van der Waals surface area (Å²) in [5.41, 5.74) is -2.15. The van der Waals surface area contributed by atoms with E-state index in [1.165, 1.54) is 13.3 Å². The van der Waals surface area contributed by atoms with Gasteiger partial charge >= 0.3 is 12.1 Å². The van der Waals surface area contributed by atoms with Crippen molar-refractivity contribution in [1.29, 1.82) is 0 Å². The topological polar surface area (TPSA) is 56.2 Å². The third kappa shape index (κ3) is 3.96. The van der Waals surface area contributed by atoms with E-state index in [0.717, 1.165) is 10.7 Å². The van der Waals surface area contributed by atoms with Crippen molar-refractivity contribution >= 4 is 5.97 Å². The van der Waals surface area contributed by atoms with Crippen LogP contribution in [0.4, 0.5) is 13.2 Å². The highest BCUT2D eigenvalue weighted by Crippen LogP contribution is 2.27. The predicted octanol–water partition coefficient (Wildman–Crippen LogP) is 1.83. The SMILES string of the molecule is COC(=O)C(C)(Cn1ccc(C(F)(F)F)n1)NC(C)C. The van der Waals surface area contributed by atoms with E-state index in [2.05, 4.69) is 10.4 Å². The van der Waals surface area contributed by atoms with Crippen molar-refractivity contribution in [1.82, 2.24) is 15.1 Å². The number of hydrogen-bond donors (Lipinski definition) is 1.